The predicted molar refractivity (Wildman–Crippen MR) is 114 cm³/mol. The van der Waals surface area contributed by atoms with E-state index in [-0.39, 0.29) is 18.7 Å². The average molecular weight is 424 g/mol. The molecule has 0 fully saturated rings. The van der Waals surface area contributed by atoms with Crippen LogP contribution in [0.5, 0.6) is 0 Å². The number of nitrogens with zero attached hydrogens (tertiary/aromatic N) is 4. The molecule has 0 saturated carbocycles. The van der Waals surface area contributed by atoms with Crippen molar-refractivity contribution in [3.8, 4) is 0 Å². The maximum absolute atomic E-state index is 13.7. The van der Waals surface area contributed by atoms with Crippen LogP contribution >= 0.6 is 9.39 Å². The summed E-state index contributed by atoms with van der Waals surface area (Å²) in [5.41, 5.74) is 1.70. The number of benzene rings is 1. The van der Waals surface area contributed by atoms with Crippen LogP contribution in [-0.4, -0.2) is 40.3 Å². The van der Waals surface area contributed by atoms with Crippen molar-refractivity contribution in [1.82, 2.24) is 4.98 Å². The second kappa shape index (κ2) is 8.36. The zero-order valence-electron chi connectivity index (χ0n) is 15.8. The zero-order chi connectivity index (χ0) is 21.2. The quantitative estimate of drug-likeness (QED) is 0.474. The molecule has 0 N–H and O–H groups in total. The highest BCUT2D eigenvalue weighted by atomic mass is 32.2. The van der Waals surface area contributed by atoms with Crippen LogP contribution in [0.25, 0.3) is 0 Å². The van der Waals surface area contributed by atoms with E-state index in [2.05, 4.69) is 26.9 Å². The molecule has 154 valence electrons. The Bertz CT molecular complexity index is 1040. The summed E-state index contributed by atoms with van der Waals surface area (Å²) in [5, 5.41) is 7.29. The highest BCUT2D eigenvalue weighted by Gasteiger charge is 2.22. The number of rotatable bonds is 7. The van der Waals surface area contributed by atoms with Crippen LogP contribution in [0.3, 0.4) is 0 Å². The molecule has 9 heteroatoms. The normalized spacial score (nSPS) is 14.1. The Hall–Kier alpha value is -2.68. The summed E-state index contributed by atoms with van der Waals surface area (Å²) in [4.78, 5) is 4.36. The minimum Gasteiger partial charge on any atom is -0.322 e. The maximum atomic E-state index is 13.7. The van der Waals surface area contributed by atoms with E-state index in [0.29, 0.717) is 28.4 Å². The first-order valence-corrected chi connectivity index (χ1v) is 10.9. The summed E-state index contributed by atoms with van der Waals surface area (Å²) < 4.78 is 54.7. The highest BCUT2D eigenvalue weighted by molar-refractivity contribution is 8.28. The molecule has 1 aliphatic heterocycles. The Morgan fingerprint density at radius 2 is 1.79 bits per heavy atom. The van der Waals surface area contributed by atoms with Gasteiger partial charge in [-0.15, -0.1) is 9.39 Å². The highest BCUT2D eigenvalue weighted by Crippen LogP contribution is 2.34. The third-order valence-corrected chi connectivity index (χ3v) is 6.85. The van der Waals surface area contributed by atoms with Crippen LogP contribution < -0.4 is 4.31 Å². The molecule has 0 saturated heterocycles. The molecular weight excluding hydrogens is 404 g/mol. The van der Waals surface area contributed by atoms with Gasteiger partial charge in [-0.2, -0.15) is 10.2 Å². The average Bonchev–Trinajstić information content (AvgIpc) is 3.16. The molecule has 2 heterocycles. The summed E-state index contributed by atoms with van der Waals surface area (Å²) in [7, 11) is -1.85. The molecule has 1 aliphatic rings. The van der Waals surface area contributed by atoms with E-state index in [1.54, 1.807) is 16.4 Å². The van der Waals surface area contributed by atoms with Gasteiger partial charge in [0.1, 0.15) is 17.3 Å². The minimum atomic E-state index is -2.64. The van der Waals surface area contributed by atoms with Gasteiger partial charge in [0.15, 0.2) is 0 Å². The van der Waals surface area contributed by atoms with Gasteiger partial charge in [0, 0.05) is 24.2 Å². The Labute approximate surface area is 167 Å². The minimum absolute atomic E-state index is 0.0196. The number of anilines is 1. The molecule has 0 bridgehead atoms. The lowest BCUT2D eigenvalue weighted by Gasteiger charge is -2.32. The number of hydrogen-bond donors (Lipinski definition) is 0. The predicted octanol–water partition coefficient (Wildman–Crippen LogP) is 4.78. The smallest absolute Gasteiger partial charge is 0.278 e. The number of halogens is 4. The van der Waals surface area contributed by atoms with Gasteiger partial charge in [0.2, 0.25) is 0 Å². The van der Waals surface area contributed by atoms with Gasteiger partial charge in [0.25, 0.3) is 6.43 Å². The molecule has 29 heavy (non-hydrogen) atoms. The zero-order valence-corrected chi connectivity index (χ0v) is 16.6. The topological polar surface area (TPSA) is 40.9 Å². The molecule has 0 unspecified atom stereocenters. The van der Waals surface area contributed by atoms with Gasteiger partial charge in [-0.1, -0.05) is 18.7 Å². The Morgan fingerprint density at radius 3 is 2.31 bits per heavy atom. The van der Waals surface area contributed by atoms with Crippen molar-refractivity contribution in [3.63, 3.8) is 0 Å². The molecule has 4 nitrogen and oxygen atoms in total. The lowest BCUT2D eigenvalue weighted by atomic mass is 10.1. The fraction of sp³-hybridized carbons (Fsp3) is 0.250. The van der Waals surface area contributed by atoms with Gasteiger partial charge >= 0.3 is 0 Å². The molecule has 0 atom stereocenters. The van der Waals surface area contributed by atoms with Crippen LogP contribution in [0.15, 0.2) is 46.7 Å². The first-order chi connectivity index (χ1) is 13.7. The summed E-state index contributed by atoms with van der Waals surface area (Å²) >= 11 is 0. The summed E-state index contributed by atoms with van der Waals surface area (Å²) in [6, 6.07) is 6.71. The second-order valence-corrected chi connectivity index (χ2v) is 9.62. The monoisotopic (exact) mass is 424 g/mol. The summed E-state index contributed by atoms with van der Waals surface area (Å²) in [5.74, 6) is 7.52. The maximum Gasteiger partial charge on any atom is 0.278 e. The fourth-order valence-corrected chi connectivity index (χ4v) is 4.04. The van der Waals surface area contributed by atoms with Gasteiger partial charge in [-0.05, 0) is 30.0 Å². The molecular formula is C20H20F4N4S. The Kier molecular flexibility index (Phi) is 6.07. The van der Waals surface area contributed by atoms with Crippen molar-refractivity contribution >= 4 is 38.2 Å². The molecule has 3 rings (SSSR count). The van der Waals surface area contributed by atoms with Crippen LogP contribution in [-0.2, 0) is 6.54 Å². The molecule has 0 spiro atoms. The molecule has 1 aromatic heterocycles. The summed E-state index contributed by atoms with van der Waals surface area (Å²) in [6.07, 6.45) is -1.13. The van der Waals surface area contributed by atoms with E-state index in [1.807, 2.05) is 6.92 Å². The van der Waals surface area contributed by atoms with E-state index >= 15 is 0 Å². The lowest BCUT2D eigenvalue weighted by Crippen LogP contribution is -2.21. The van der Waals surface area contributed by atoms with Crippen molar-refractivity contribution in [2.75, 3.05) is 10.1 Å². The van der Waals surface area contributed by atoms with Crippen LogP contribution in [0.4, 0.5) is 23.2 Å². The Balaban J connectivity index is 1.84. The number of alkyl halides is 2. The van der Waals surface area contributed by atoms with Gasteiger partial charge in [-0.3, -0.25) is 4.98 Å². The van der Waals surface area contributed by atoms with Crippen molar-refractivity contribution in [3.05, 3.63) is 59.4 Å². The third-order valence-electron chi connectivity index (χ3n) is 4.50. The van der Waals surface area contributed by atoms with Crippen molar-refractivity contribution in [1.29, 1.82) is 0 Å². The van der Waals surface area contributed by atoms with Crippen molar-refractivity contribution in [2.24, 2.45) is 10.2 Å². The van der Waals surface area contributed by atoms with Crippen LogP contribution in [0, 0.1) is 11.6 Å². The van der Waals surface area contributed by atoms with Gasteiger partial charge < -0.3 is 4.31 Å². The van der Waals surface area contributed by atoms with E-state index in [1.165, 1.54) is 18.3 Å². The Morgan fingerprint density at radius 1 is 1.10 bits per heavy atom. The van der Waals surface area contributed by atoms with Crippen molar-refractivity contribution < 1.29 is 17.6 Å². The SMILES string of the molecule is C=S(=C)(CC)N(Cc1ccc(C2=NN=C(C(F)F)C2)cn1)c1cc(F)cc(F)c1. The molecule has 1 aromatic carbocycles. The molecule has 0 aliphatic carbocycles. The molecule has 0 amide bonds. The lowest BCUT2D eigenvalue weighted by molar-refractivity contribution is 0.224. The van der Waals surface area contributed by atoms with Gasteiger partial charge in [-0.25, -0.2) is 17.6 Å². The van der Waals surface area contributed by atoms with E-state index < -0.39 is 27.5 Å². The largest absolute Gasteiger partial charge is 0.322 e. The molecule has 0 radical (unpaired) electrons. The standard InChI is InChI=1S/C20H20F4N4S/c1-4-29(2,3)28(17-8-14(21)7-15(22)9-17)12-16-6-5-13(11-25-16)18-10-19(20(23)24)27-26-18/h5-9,11,20H,2-4,10,12H2,1H3. The second-order valence-electron chi connectivity index (χ2n) is 6.61. The third kappa shape index (κ3) is 4.84. The van der Waals surface area contributed by atoms with Gasteiger partial charge in [0.05, 0.1) is 23.6 Å². The van der Waals surface area contributed by atoms with E-state index in [4.69, 9.17) is 0 Å². The van der Waals surface area contributed by atoms with E-state index in [9.17, 15) is 17.6 Å². The number of hydrogen-bond acceptors (Lipinski definition) is 4. The van der Waals surface area contributed by atoms with E-state index in [0.717, 1.165) is 6.07 Å². The van der Waals surface area contributed by atoms with Crippen LogP contribution in [0.1, 0.15) is 24.6 Å². The van der Waals surface area contributed by atoms with Crippen molar-refractivity contribution in [2.45, 2.75) is 26.3 Å². The first kappa shape index (κ1) is 21.0. The number of pyridine rings is 1. The molecule has 2 aromatic rings. The first-order valence-electron chi connectivity index (χ1n) is 8.77. The van der Waals surface area contributed by atoms with Crippen LogP contribution in [0.2, 0.25) is 0 Å². The number of aromatic nitrogens is 1. The fourth-order valence-electron chi connectivity index (χ4n) is 2.77. The summed E-state index contributed by atoms with van der Waals surface area (Å²) in [6.45, 7) is 2.15.